The fourth-order valence-corrected chi connectivity index (χ4v) is 0.974. The van der Waals surface area contributed by atoms with Crippen molar-refractivity contribution in [1.82, 2.24) is 14.4 Å². The molecule has 0 aliphatic rings. The van der Waals surface area contributed by atoms with Crippen molar-refractivity contribution in [3.8, 4) is 0 Å². The maximum absolute atomic E-state index is 9.82. The second kappa shape index (κ2) is 5.74. The number of carbonyl (C=O) groups is 1. The third-order valence-corrected chi connectivity index (χ3v) is 1.55. The van der Waals surface area contributed by atoms with Crippen LogP contribution in [0.5, 0.6) is 0 Å². The zero-order chi connectivity index (χ0) is 11.1. The van der Waals surface area contributed by atoms with Crippen LogP contribution in [0, 0.1) is 0 Å². The van der Waals surface area contributed by atoms with Gasteiger partial charge in [0.1, 0.15) is 0 Å². The maximum atomic E-state index is 9.82. The van der Waals surface area contributed by atoms with Crippen LogP contribution in [0.15, 0.2) is 31.0 Å². The van der Waals surface area contributed by atoms with Crippen LogP contribution in [0.1, 0.15) is 13.8 Å². The molecule has 0 saturated carbocycles. The van der Waals surface area contributed by atoms with Gasteiger partial charge in [0, 0.05) is 31.7 Å². The summed E-state index contributed by atoms with van der Waals surface area (Å²) in [6.45, 7) is 3.65. The van der Waals surface area contributed by atoms with Crippen molar-refractivity contribution < 1.29 is 9.53 Å². The third-order valence-electron chi connectivity index (χ3n) is 1.55. The van der Waals surface area contributed by atoms with Crippen LogP contribution in [0.4, 0.5) is 0 Å². The fraction of sp³-hybridized carbons (Fsp3) is 0.300. The van der Waals surface area contributed by atoms with Crippen LogP contribution in [-0.2, 0) is 9.53 Å². The minimum absolute atomic E-state index is 0.211. The number of imidazole rings is 1. The van der Waals surface area contributed by atoms with Crippen molar-refractivity contribution in [2.45, 2.75) is 13.8 Å². The number of nitrogens with zero attached hydrogens (tertiary/aromatic N) is 3. The van der Waals surface area contributed by atoms with Crippen LogP contribution in [0.3, 0.4) is 0 Å². The largest absolute Gasteiger partial charge is 0.466 e. The summed E-state index contributed by atoms with van der Waals surface area (Å²) in [4.78, 5) is 17.7. The number of carbonyl (C=O) groups excluding carboxylic acids is 1. The zero-order valence-electron chi connectivity index (χ0n) is 8.75. The molecule has 5 nitrogen and oxygen atoms in total. The highest BCUT2D eigenvalue weighted by Crippen LogP contribution is 1.93. The Bertz CT molecular complexity index is 395. The summed E-state index contributed by atoms with van der Waals surface area (Å²) >= 11 is 0. The smallest absolute Gasteiger partial charge is 0.302 e. The summed E-state index contributed by atoms with van der Waals surface area (Å²) in [6, 6.07) is 0. The lowest BCUT2D eigenvalue weighted by molar-refractivity contribution is -0.140. The topological polar surface area (TPSA) is 56.5 Å². The summed E-state index contributed by atoms with van der Waals surface area (Å²) in [6.07, 6.45) is 8.95. The fourth-order valence-electron chi connectivity index (χ4n) is 0.974. The van der Waals surface area contributed by atoms with E-state index in [9.17, 15) is 4.79 Å². The van der Waals surface area contributed by atoms with Gasteiger partial charge < -0.3 is 9.14 Å². The molecule has 15 heavy (non-hydrogen) atoms. The van der Waals surface area contributed by atoms with E-state index in [1.165, 1.54) is 6.92 Å². The van der Waals surface area contributed by atoms with Crippen LogP contribution < -0.4 is 0 Å². The van der Waals surface area contributed by atoms with E-state index in [1.807, 2.05) is 16.8 Å². The zero-order valence-corrected chi connectivity index (χ0v) is 8.75. The number of aromatic nitrogens is 3. The van der Waals surface area contributed by atoms with Crippen molar-refractivity contribution in [3.63, 3.8) is 0 Å². The quantitative estimate of drug-likeness (QED) is 0.661. The predicted molar refractivity (Wildman–Crippen MR) is 55.3 cm³/mol. The molecule has 0 aliphatic heterocycles. The lowest BCUT2D eigenvalue weighted by atomic mass is 10.7. The highest BCUT2D eigenvalue weighted by molar-refractivity contribution is 5.65. The monoisotopic (exact) mass is 207 g/mol. The molecule has 2 aromatic heterocycles. The normalized spacial score (nSPS) is 9.20. The first-order chi connectivity index (χ1) is 7.24. The van der Waals surface area contributed by atoms with Crippen molar-refractivity contribution in [2.75, 3.05) is 6.61 Å². The molecule has 0 radical (unpaired) electrons. The molecule has 5 heteroatoms. The number of fused-ring (bicyclic) bond motifs is 1. The summed E-state index contributed by atoms with van der Waals surface area (Å²) in [7, 11) is 0. The van der Waals surface area contributed by atoms with Gasteiger partial charge in [0.15, 0.2) is 5.65 Å². The van der Waals surface area contributed by atoms with Gasteiger partial charge in [-0.3, -0.25) is 9.78 Å². The van der Waals surface area contributed by atoms with Crippen molar-refractivity contribution in [3.05, 3.63) is 31.0 Å². The number of ether oxygens (including phenoxy) is 1. The second-order valence-electron chi connectivity index (χ2n) is 2.69. The number of hydrogen-bond acceptors (Lipinski definition) is 4. The van der Waals surface area contributed by atoms with Gasteiger partial charge in [0.25, 0.3) is 0 Å². The third kappa shape index (κ3) is 3.76. The highest BCUT2D eigenvalue weighted by Gasteiger charge is 1.86. The Labute approximate surface area is 87.7 Å². The molecule has 80 valence electrons. The Morgan fingerprint density at radius 3 is 2.73 bits per heavy atom. The summed E-state index contributed by atoms with van der Waals surface area (Å²) in [5.74, 6) is -0.211. The Kier molecular flexibility index (Phi) is 4.28. The van der Waals surface area contributed by atoms with Gasteiger partial charge in [-0.05, 0) is 6.92 Å². The molecule has 2 rings (SSSR count). The molecule has 0 fully saturated rings. The molecule has 0 N–H and O–H groups in total. The minimum atomic E-state index is -0.211. The Balaban J connectivity index is 0.000000167. The van der Waals surface area contributed by atoms with Crippen molar-refractivity contribution in [2.24, 2.45) is 0 Å². The Morgan fingerprint density at radius 2 is 2.20 bits per heavy atom. The first-order valence-electron chi connectivity index (χ1n) is 4.60. The van der Waals surface area contributed by atoms with Gasteiger partial charge in [-0.1, -0.05) is 0 Å². The van der Waals surface area contributed by atoms with Gasteiger partial charge in [-0.15, -0.1) is 0 Å². The van der Waals surface area contributed by atoms with Crippen molar-refractivity contribution in [1.29, 1.82) is 0 Å². The summed E-state index contributed by atoms with van der Waals surface area (Å²) in [5.41, 5.74) is 0.887. The molecule has 2 heterocycles. The average Bonchev–Trinajstić information content (AvgIpc) is 2.65. The molecular formula is C10H13N3O2. The predicted octanol–water partition coefficient (Wildman–Crippen LogP) is 1.30. The van der Waals surface area contributed by atoms with Gasteiger partial charge in [-0.25, -0.2) is 4.98 Å². The molecule has 2 aromatic rings. The van der Waals surface area contributed by atoms with Gasteiger partial charge in [-0.2, -0.15) is 0 Å². The van der Waals surface area contributed by atoms with Crippen LogP contribution in [0.25, 0.3) is 5.65 Å². The SMILES string of the molecule is CCOC(C)=O.c1cn2ccnc2cn1. The summed E-state index contributed by atoms with van der Waals surface area (Å²) < 4.78 is 6.31. The first-order valence-corrected chi connectivity index (χ1v) is 4.60. The molecule has 0 saturated heterocycles. The first kappa shape index (κ1) is 11.2. The maximum Gasteiger partial charge on any atom is 0.302 e. The van der Waals surface area contributed by atoms with E-state index in [0.29, 0.717) is 6.61 Å². The van der Waals surface area contributed by atoms with Crippen LogP contribution >= 0.6 is 0 Å². The highest BCUT2D eigenvalue weighted by atomic mass is 16.5. The van der Waals surface area contributed by atoms with E-state index < -0.39 is 0 Å². The second-order valence-corrected chi connectivity index (χ2v) is 2.69. The Morgan fingerprint density at radius 1 is 1.47 bits per heavy atom. The lowest BCUT2D eigenvalue weighted by Crippen LogP contribution is -1.95. The molecule has 0 spiro atoms. The van der Waals surface area contributed by atoms with E-state index in [0.717, 1.165) is 5.65 Å². The Hall–Kier alpha value is -1.91. The molecule has 0 aromatic carbocycles. The van der Waals surface area contributed by atoms with Gasteiger partial charge in [0.05, 0.1) is 12.8 Å². The number of rotatable bonds is 1. The van der Waals surface area contributed by atoms with E-state index in [-0.39, 0.29) is 5.97 Å². The van der Waals surface area contributed by atoms with Gasteiger partial charge in [0.2, 0.25) is 0 Å². The summed E-state index contributed by atoms with van der Waals surface area (Å²) in [5, 5.41) is 0. The van der Waals surface area contributed by atoms with E-state index >= 15 is 0 Å². The van der Waals surface area contributed by atoms with Crippen LogP contribution in [0.2, 0.25) is 0 Å². The van der Waals surface area contributed by atoms with E-state index in [1.54, 1.807) is 25.5 Å². The number of hydrogen-bond donors (Lipinski definition) is 0. The molecule has 0 aliphatic carbocycles. The van der Waals surface area contributed by atoms with Crippen LogP contribution in [-0.4, -0.2) is 26.9 Å². The van der Waals surface area contributed by atoms with Gasteiger partial charge >= 0.3 is 5.97 Å². The minimum Gasteiger partial charge on any atom is -0.466 e. The number of esters is 1. The average molecular weight is 207 g/mol. The standard InChI is InChI=1S/C6H5N3.C4H8O2/c1-3-9-4-2-8-6(9)5-7-1;1-3-6-4(2)5/h1-5H;3H2,1-2H3. The van der Waals surface area contributed by atoms with Crippen molar-refractivity contribution >= 4 is 11.6 Å². The molecular weight excluding hydrogens is 194 g/mol. The molecule has 0 atom stereocenters. The molecule has 0 unspecified atom stereocenters. The lowest BCUT2D eigenvalue weighted by Gasteiger charge is -1.89. The molecule has 0 amide bonds. The molecule has 0 bridgehead atoms. The van der Waals surface area contributed by atoms with E-state index in [2.05, 4.69) is 14.7 Å². The van der Waals surface area contributed by atoms with E-state index in [4.69, 9.17) is 0 Å².